The Bertz CT molecular complexity index is 2360. The Morgan fingerprint density at radius 3 is 1.38 bits per heavy atom. The Labute approximate surface area is 275 Å². The van der Waals surface area contributed by atoms with Crippen molar-refractivity contribution in [1.82, 2.24) is 4.98 Å². The van der Waals surface area contributed by atoms with Crippen molar-refractivity contribution in [2.75, 3.05) is 0 Å². The second kappa shape index (κ2) is 11.2. The van der Waals surface area contributed by atoms with Crippen LogP contribution >= 0.6 is 0 Å². The molecule has 0 aliphatic rings. The second-order valence-electron chi connectivity index (χ2n) is 12.3. The van der Waals surface area contributed by atoms with Crippen molar-refractivity contribution in [3.8, 4) is 22.3 Å². The van der Waals surface area contributed by atoms with E-state index in [0.717, 1.165) is 16.4 Å². The summed E-state index contributed by atoms with van der Waals surface area (Å²) in [5, 5.41) is 13.0. The van der Waals surface area contributed by atoms with Gasteiger partial charge >= 0.3 is 0 Å². The van der Waals surface area contributed by atoms with E-state index in [4.69, 9.17) is 4.98 Å². The quantitative estimate of drug-likeness (QED) is 0.104. The topological polar surface area (TPSA) is 12.9 Å². The molecule has 220 valence electrons. The maximum absolute atomic E-state index is 5.29. The third-order valence-electron chi connectivity index (χ3n) is 9.83. The molecule has 0 spiro atoms. The van der Waals surface area contributed by atoms with Gasteiger partial charge in [-0.15, -0.1) is 0 Å². The van der Waals surface area contributed by atoms with Crippen molar-refractivity contribution in [3.63, 3.8) is 0 Å². The highest BCUT2D eigenvalue weighted by Gasteiger charge is 2.42. The molecule has 0 atom stereocenters. The highest BCUT2D eigenvalue weighted by Crippen LogP contribution is 2.39. The van der Waals surface area contributed by atoms with Crippen LogP contribution in [0.1, 0.15) is 0 Å². The van der Waals surface area contributed by atoms with Crippen LogP contribution in [0.25, 0.3) is 54.6 Å². The van der Waals surface area contributed by atoms with Gasteiger partial charge in [0.15, 0.2) is 0 Å². The van der Waals surface area contributed by atoms with E-state index in [1.165, 1.54) is 59.0 Å². The molecule has 0 radical (unpaired) electrons. The molecule has 0 bridgehead atoms. The van der Waals surface area contributed by atoms with Crippen molar-refractivity contribution in [1.29, 1.82) is 0 Å². The molecule has 8 aromatic carbocycles. The van der Waals surface area contributed by atoms with Gasteiger partial charge in [0, 0.05) is 11.5 Å². The lowest BCUT2D eigenvalue weighted by Crippen LogP contribution is -2.75. The summed E-state index contributed by atoms with van der Waals surface area (Å²) in [6.07, 6.45) is 2.07. The van der Waals surface area contributed by atoms with Gasteiger partial charge in [-0.05, 0) is 76.2 Å². The molecule has 0 unspecified atom stereocenters. The second-order valence-corrected chi connectivity index (χ2v) is 16.1. The number of hydrogen-bond acceptors (Lipinski definition) is 1. The molecule has 2 heteroatoms. The Morgan fingerprint density at radius 2 is 0.830 bits per heavy atom. The first-order valence-corrected chi connectivity index (χ1v) is 18.2. The first kappa shape index (κ1) is 27.5. The maximum atomic E-state index is 5.29. The van der Waals surface area contributed by atoms with Crippen LogP contribution in [0.2, 0.25) is 0 Å². The molecule has 9 rings (SSSR count). The highest BCUT2D eigenvalue weighted by molar-refractivity contribution is 7.19. The third kappa shape index (κ3) is 4.41. The SMILES string of the molecule is c1ccc([Si](c2ccccc2)(c2ccccc2)c2ccc(-c3ccc(-c4ccc5ccc6cccc7ccc4c5c67)cc3)cn2)cc1. The molecule has 47 heavy (non-hydrogen) atoms. The minimum Gasteiger partial charge on any atom is -0.264 e. The summed E-state index contributed by atoms with van der Waals surface area (Å²) in [5.74, 6) is 0. The van der Waals surface area contributed by atoms with E-state index in [0.29, 0.717) is 0 Å². The molecular weight excluding hydrogens is 583 g/mol. The Kier molecular flexibility index (Phi) is 6.55. The summed E-state index contributed by atoms with van der Waals surface area (Å²) in [7, 11) is -2.64. The van der Waals surface area contributed by atoms with E-state index in [1.807, 2.05) is 0 Å². The zero-order chi connectivity index (χ0) is 31.2. The van der Waals surface area contributed by atoms with Crippen LogP contribution < -0.4 is 20.9 Å². The summed E-state index contributed by atoms with van der Waals surface area (Å²) >= 11 is 0. The van der Waals surface area contributed by atoms with E-state index in [2.05, 4.69) is 188 Å². The van der Waals surface area contributed by atoms with Crippen LogP contribution in [0, 0.1) is 0 Å². The molecule has 0 fully saturated rings. The first-order valence-electron chi connectivity index (χ1n) is 16.2. The summed E-state index contributed by atoms with van der Waals surface area (Å²) in [4.78, 5) is 5.29. The molecule has 0 amide bonds. The lowest BCUT2D eigenvalue weighted by molar-refractivity contribution is 1.37. The average Bonchev–Trinajstić information content (AvgIpc) is 3.16. The normalized spacial score (nSPS) is 11.8. The molecule has 0 saturated heterocycles. The smallest absolute Gasteiger partial charge is 0.201 e. The fourth-order valence-corrected chi connectivity index (χ4v) is 12.2. The first-order chi connectivity index (χ1) is 23.3. The van der Waals surface area contributed by atoms with Crippen molar-refractivity contribution < 1.29 is 0 Å². The lowest BCUT2D eigenvalue weighted by atomic mass is 9.89. The minimum atomic E-state index is -2.64. The van der Waals surface area contributed by atoms with Crippen molar-refractivity contribution in [2.24, 2.45) is 0 Å². The van der Waals surface area contributed by atoms with E-state index in [1.54, 1.807) is 0 Å². The van der Waals surface area contributed by atoms with Crippen LogP contribution in [-0.2, 0) is 0 Å². The Hall–Kier alpha value is -5.83. The molecule has 0 aliphatic carbocycles. The van der Waals surface area contributed by atoms with E-state index < -0.39 is 8.07 Å². The number of rotatable bonds is 6. The molecule has 1 aromatic heterocycles. The van der Waals surface area contributed by atoms with Crippen LogP contribution in [0.15, 0.2) is 188 Å². The summed E-state index contributed by atoms with van der Waals surface area (Å²) < 4.78 is 0. The van der Waals surface area contributed by atoms with Crippen LogP contribution in [-0.4, -0.2) is 13.1 Å². The van der Waals surface area contributed by atoms with Crippen molar-refractivity contribution in [2.45, 2.75) is 0 Å². The molecule has 1 nitrogen and oxygen atoms in total. The monoisotopic (exact) mass is 613 g/mol. The molecular formula is C45H31NSi. The Balaban J connectivity index is 1.13. The third-order valence-corrected chi connectivity index (χ3v) is 14.5. The molecule has 1 heterocycles. The van der Waals surface area contributed by atoms with Crippen LogP contribution in [0.3, 0.4) is 0 Å². The van der Waals surface area contributed by atoms with Crippen molar-refractivity contribution in [3.05, 3.63) is 188 Å². The Morgan fingerprint density at radius 1 is 0.340 bits per heavy atom. The number of pyridine rings is 1. The van der Waals surface area contributed by atoms with Gasteiger partial charge in [0.05, 0.1) is 0 Å². The number of hydrogen-bond donors (Lipinski definition) is 0. The minimum absolute atomic E-state index is 1.12. The van der Waals surface area contributed by atoms with Gasteiger partial charge in [-0.3, -0.25) is 4.98 Å². The van der Waals surface area contributed by atoms with E-state index >= 15 is 0 Å². The van der Waals surface area contributed by atoms with Gasteiger partial charge in [-0.25, -0.2) is 0 Å². The predicted molar refractivity (Wildman–Crippen MR) is 202 cm³/mol. The fourth-order valence-electron chi connectivity index (χ4n) is 7.62. The standard InChI is InChI=1S/C45H31NSi/c1-4-13-38(14-5-1)47(39-15-6-2-7-16-39,40-17-8-3-9-18-40)43-30-27-37(31-46-43)32-19-21-33(22-20-32)41-28-25-36-24-23-34-11-10-12-35-26-29-42(41)45(36)44(34)35/h1-31H. The predicted octanol–water partition coefficient (Wildman–Crippen LogP) is 8.69. The summed E-state index contributed by atoms with van der Waals surface area (Å²) in [6, 6.07) is 66.5. The van der Waals surface area contributed by atoms with Gasteiger partial charge in [0.2, 0.25) is 8.07 Å². The lowest BCUT2D eigenvalue weighted by Gasteiger charge is -2.33. The van der Waals surface area contributed by atoms with E-state index in [-0.39, 0.29) is 0 Å². The average molecular weight is 614 g/mol. The summed E-state index contributed by atoms with van der Waals surface area (Å²) in [5.41, 5.74) is 4.77. The molecule has 9 aromatic rings. The molecule has 0 aliphatic heterocycles. The number of nitrogens with zero attached hydrogens (tertiary/aromatic N) is 1. The van der Waals surface area contributed by atoms with Gasteiger partial charge in [-0.2, -0.15) is 0 Å². The largest absolute Gasteiger partial charge is 0.264 e. The van der Waals surface area contributed by atoms with Gasteiger partial charge < -0.3 is 0 Å². The zero-order valence-corrected chi connectivity index (χ0v) is 26.8. The van der Waals surface area contributed by atoms with Crippen LogP contribution in [0.5, 0.6) is 0 Å². The zero-order valence-electron chi connectivity index (χ0n) is 25.8. The maximum Gasteiger partial charge on any atom is 0.201 e. The van der Waals surface area contributed by atoms with Crippen LogP contribution in [0.4, 0.5) is 0 Å². The van der Waals surface area contributed by atoms with Gasteiger partial charge in [0.1, 0.15) is 0 Å². The summed E-state index contributed by atoms with van der Waals surface area (Å²) in [6.45, 7) is 0. The van der Waals surface area contributed by atoms with Crippen molar-refractivity contribution >= 4 is 61.3 Å². The van der Waals surface area contributed by atoms with Gasteiger partial charge in [-0.1, -0.05) is 176 Å². The highest BCUT2D eigenvalue weighted by atomic mass is 28.3. The number of benzene rings is 8. The molecule has 0 saturated carbocycles. The fraction of sp³-hybridized carbons (Fsp3) is 0. The molecule has 0 N–H and O–H groups in total. The van der Waals surface area contributed by atoms with Gasteiger partial charge in [0.25, 0.3) is 0 Å². The number of aromatic nitrogens is 1. The van der Waals surface area contributed by atoms with E-state index in [9.17, 15) is 0 Å².